The van der Waals surface area contributed by atoms with Crippen molar-refractivity contribution in [2.75, 3.05) is 0 Å². The van der Waals surface area contributed by atoms with Crippen LogP contribution in [0.2, 0.25) is 0 Å². The molecule has 2 aromatic heterocycles. The van der Waals surface area contributed by atoms with E-state index in [1.165, 1.54) is 12.1 Å². The molecule has 0 bridgehead atoms. The van der Waals surface area contributed by atoms with Gasteiger partial charge in [0.15, 0.2) is 5.82 Å². The molecule has 0 amide bonds. The second-order valence-electron chi connectivity index (χ2n) is 3.11. The Morgan fingerprint density at radius 2 is 2.29 bits per heavy atom. The molecule has 0 aliphatic heterocycles. The van der Waals surface area contributed by atoms with Crippen LogP contribution < -0.4 is 0 Å². The second-order valence-corrected chi connectivity index (χ2v) is 3.11. The van der Waals surface area contributed by atoms with E-state index in [-0.39, 0.29) is 5.69 Å². The number of pyridine rings is 1. The first-order chi connectivity index (χ1) is 8.25. The molecule has 0 atom stereocenters. The van der Waals surface area contributed by atoms with E-state index in [9.17, 15) is 10.1 Å². The number of rotatable bonds is 4. The molecule has 0 fully saturated rings. The molecule has 7 heteroatoms. The summed E-state index contributed by atoms with van der Waals surface area (Å²) in [6.07, 6.45) is 2.69. The number of aromatic nitrogens is 1. The molecule has 0 saturated heterocycles. The lowest BCUT2D eigenvalue weighted by Crippen LogP contribution is -1.87. The van der Waals surface area contributed by atoms with Crippen molar-refractivity contribution < 1.29 is 9.34 Å². The molecule has 2 aromatic rings. The van der Waals surface area contributed by atoms with Gasteiger partial charge in [-0.25, -0.2) is 4.98 Å². The van der Waals surface area contributed by atoms with Crippen molar-refractivity contribution in [2.45, 2.75) is 6.54 Å². The molecular weight excluding hydrogens is 224 g/mol. The van der Waals surface area contributed by atoms with Crippen molar-refractivity contribution >= 4 is 11.5 Å². The van der Waals surface area contributed by atoms with Crippen LogP contribution in [0, 0.1) is 10.1 Å². The van der Waals surface area contributed by atoms with Gasteiger partial charge in [0.1, 0.15) is 18.5 Å². The predicted octanol–water partition coefficient (Wildman–Crippen LogP) is 2.87. The lowest BCUT2D eigenvalue weighted by molar-refractivity contribution is -0.385. The quantitative estimate of drug-likeness (QED) is 0.460. The molecule has 0 spiro atoms. The fraction of sp³-hybridized carbons (Fsp3) is 0.100. The minimum atomic E-state index is -0.517. The summed E-state index contributed by atoms with van der Waals surface area (Å²) in [5.41, 5.74) is -0.0741. The third kappa shape index (κ3) is 2.94. The Bertz CT molecular complexity index is 519. The Morgan fingerprint density at radius 1 is 1.41 bits per heavy atom. The SMILES string of the molecule is O=[N+]([O-])c1ccc(N=NCc2ccco2)nc1. The molecule has 0 saturated carbocycles. The first kappa shape index (κ1) is 10.9. The molecule has 0 radical (unpaired) electrons. The number of azo groups is 1. The highest BCUT2D eigenvalue weighted by molar-refractivity contribution is 5.34. The minimum Gasteiger partial charge on any atom is -0.467 e. The third-order valence-corrected chi connectivity index (χ3v) is 1.92. The van der Waals surface area contributed by atoms with Gasteiger partial charge in [0.2, 0.25) is 0 Å². The van der Waals surface area contributed by atoms with Crippen LogP contribution in [0.25, 0.3) is 0 Å². The number of nitrogens with zero attached hydrogens (tertiary/aromatic N) is 4. The van der Waals surface area contributed by atoms with Crippen LogP contribution >= 0.6 is 0 Å². The topological polar surface area (TPSA) is 93.9 Å². The number of hydrogen-bond donors (Lipinski definition) is 0. The fourth-order valence-corrected chi connectivity index (χ4v) is 1.13. The van der Waals surface area contributed by atoms with Gasteiger partial charge in [0.25, 0.3) is 5.69 Å². The first-order valence-electron chi connectivity index (χ1n) is 4.76. The molecule has 17 heavy (non-hydrogen) atoms. The fourth-order valence-electron chi connectivity index (χ4n) is 1.13. The van der Waals surface area contributed by atoms with Crippen molar-refractivity contribution in [1.82, 2.24) is 4.98 Å². The maximum Gasteiger partial charge on any atom is 0.287 e. The van der Waals surface area contributed by atoms with E-state index in [1.54, 1.807) is 18.4 Å². The summed E-state index contributed by atoms with van der Waals surface area (Å²) in [5.74, 6) is 1.01. The maximum absolute atomic E-state index is 10.4. The normalized spacial score (nSPS) is 10.8. The monoisotopic (exact) mass is 232 g/mol. The molecule has 0 aliphatic carbocycles. The van der Waals surface area contributed by atoms with Crippen LogP contribution in [-0.2, 0) is 6.54 Å². The molecule has 2 heterocycles. The summed E-state index contributed by atoms with van der Waals surface area (Å²) in [7, 11) is 0. The summed E-state index contributed by atoms with van der Waals surface area (Å²) in [4.78, 5) is 13.6. The van der Waals surface area contributed by atoms with Gasteiger partial charge < -0.3 is 4.42 Å². The number of hydrogen-bond acceptors (Lipinski definition) is 6. The van der Waals surface area contributed by atoms with Crippen molar-refractivity contribution in [3.8, 4) is 0 Å². The van der Waals surface area contributed by atoms with Crippen LogP contribution in [0.3, 0.4) is 0 Å². The smallest absolute Gasteiger partial charge is 0.287 e. The van der Waals surface area contributed by atoms with E-state index >= 15 is 0 Å². The summed E-state index contributed by atoms with van der Waals surface area (Å²) >= 11 is 0. The van der Waals surface area contributed by atoms with Crippen LogP contribution in [0.1, 0.15) is 5.76 Å². The predicted molar refractivity (Wildman–Crippen MR) is 57.8 cm³/mol. The summed E-state index contributed by atoms with van der Waals surface area (Å²) in [6, 6.07) is 6.30. The molecule has 86 valence electrons. The zero-order chi connectivity index (χ0) is 12.1. The molecule has 0 aliphatic rings. The van der Waals surface area contributed by atoms with Gasteiger partial charge >= 0.3 is 0 Å². The average Bonchev–Trinajstić information content (AvgIpc) is 2.83. The third-order valence-electron chi connectivity index (χ3n) is 1.92. The highest BCUT2D eigenvalue weighted by Gasteiger charge is 2.04. The van der Waals surface area contributed by atoms with Crippen LogP contribution in [-0.4, -0.2) is 9.91 Å². The second kappa shape index (κ2) is 4.97. The Kier molecular flexibility index (Phi) is 3.20. The van der Waals surface area contributed by atoms with E-state index < -0.39 is 4.92 Å². The van der Waals surface area contributed by atoms with Crippen molar-refractivity contribution in [2.24, 2.45) is 10.2 Å². The number of nitro groups is 1. The van der Waals surface area contributed by atoms with Gasteiger partial charge in [0, 0.05) is 6.07 Å². The van der Waals surface area contributed by atoms with E-state index in [2.05, 4.69) is 15.2 Å². The zero-order valence-corrected chi connectivity index (χ0v) is 8.68. The van der Waals surface area contributed by atoms with Gasteiger partial charge in [-0.3, -0.25) is 10.1 Å². The largest absolute Gasteiger partial charge is 0.467 e. The average molecular weight is 232 g/mol. The summed E-state index contributed by atoms with van der Waals surface area (Å²) < 4.78 is 5.06. The molecule has 2 rings (SSSR count). The molecule has 0 N–H and O–H groups in total. The standard InChI is InChI=1S/C10H8N4O3/c15-14(16)8-3-4-10(11-6-8)13-12-7-9-2-1-5-17-9/h1-6H,7H2. The Hall–Kier alpha value is -2.57. The molecule has 0 unspecified atom stereocenters. The van der Waals surface area contributed by atoms with Gasteiger partial charge in [-0.15, -0.1) is 5.11 Å². The Morgan fingerprint density at radius 3 is 2.88 bits per heavy atom. The van der Waals surface area contributed by atoms with Crippen LogP contribution in [0.15, 0.2) is 51.4 Å². The maximum atomic E-state index is 10.4. The van der Waals surface area contributed by atoms with Crippen molar-refractivity contribution in [3.05, 3.63) is 52.6 Å². The van der Waals surface area contributed by atoms with Gasteiger partial charge in [-0.2, -0.15) is 5.11 Å². The van der Waals surface area contributed by atoms with Gasteiger partial charge in [-0.1, -0.05) is 0 Å². The van der Waals surface area contributed by atoms with Gasteiger partial charge in [0.05, 0.1) is 11.2 Å². The zero-order valence-electron chi connectivity index (χ0n) is 8.68. The first-order valence-corrected chi connectivity index (χ1v) is 4.76. The van der Waals surface area contributed by atoms with Crippen molar-refractivity contribution in [3.63, 3.8) is 0 Å². The van der Waals surface area contributed by atoms with E-state index in [4.69, 9.17) is 4.42 Å². The van der Waals surface area contributed by atoms with E-state index in [0.29, 0.717) is 18.1 Å². The lowest BCUT2D eigenvalue weighted by Gasteiger charge is -1.91. The van der Waals surface area contributed by atoms with Crippen LogP contribution in [0.4, 0.5) is 11.5 Å². The Labute approximate surface area is 96.0 Å². The molecular formula is C10H8N4O3. The van der Waals surface area contributed by atoms with E-state index in [0.717, 1.165) is 6.20 Å². The lowest BCUT2D eigenvalue weighted by atomic mass is 10.4. The minimum absolute atomic E-state index is 0.0741. The van der Waals surface area contributed by atoms with E-state index in [1.807, 2.05) is 0 Å². The summed E-state index contributed by atoms with van der Waals surface area (Å²) in [5, 5.41) is 18.1. The van der Waals surface area contributed by atoms with Crippen LogP contribution in [0.5, 0.6) is 0 Å². The molecule has 0 aromatic carbocycles. The highest BCUT2D eigenvalue weighted by Crippen LogP contribution is 2.14. The number of furan rings is 1. The highest BCUT2D eigenvalue weighted by atomic mass is 16.6. The summed E-state index contributed by atoms with van der Waals surface area (Å²) in [6.45, 7) is 0.311. The Balaban J connectivity index is 1.99. The van der Waals surface area contributed by atoms with Gasteiger partial charge in [-0.05, 0) is 18.2 Å². The van der Waals surface area contributed by atoms with Crippen molar-refractivity contribution in [1.29, 1.82) is 0 Å². The molecule has 7 nitrogen and oxygen atoms in total.